The van der Waals surface area contributed by atoms with E-state index in [2.05, 4.69) is 42.6 Å². The number of aliphatic hydroxyl groups is 1. The van der Waals surface area contributed by atoms with Gasteiger partial charge in [-0.2, -0.15) is 15.2 Å². The van der Waals surface area contributed by atoms with Crippen molar-refractivity contribution in [1.82, 2.24) is 19.4 Å². The zero-order chi connectivity index (χ0) is 30.4. The number of rotatable bonds is 13. The monoisotopic (exact) mass is 586 g/mol. The molecule has 1 fully saturated rings. The van der Waals surface area contributed by atoms with Crippen molar-refractivity contribution in [3.8, 4) is 12.1 Å². The van der Waals surface area contributed by atoms with Crippen LogP contribution in [-0.4, -0.2) is 70.9 Å². The summed E-state index contributed by atoms with van der Waals surface area (Å²) in [7, 11) is -1.28. The third-order valence-electron chi connectivity index (χ3n) is 7.76. The van der Waals surface area contributed by atoms with Gasteiger partial charge in [0.1, 0.15) is 29.5 Å². The largest absolute Gasteiger partial charge is 0.463 e. The predicted molar refractivity (Wildman–Crippen MR) is 164 cm³/mol. The molecule has 3 heterocycles. The summed E-state index contributed by atoms with van der Waals surface area (Å²) in [4.78, 5) is 23.7. The molecule has 1 saturated heterocycles. The van der Waals surface area contributed by atoms with E-state index in [0.29, 0.717) is 55.9 Å². The third kappa shape index (κ3) is 8.66. The molecule has 0 saturated carbocycles. The van der Waals surface area contributed by atoms with Gasteiger partial charge in [-0.1, -0.05) is 53.8 Å². The number of aliphatic hydroxyl groups excluding tert-OH is 1. The molecule has 11 heteroatoms. The van der Waals surface area contributed by atoms with Crippen molar-refractivity contribution < 1.29 is 19.4 Å². The van der Waals surface area contributed by atoms with E-state index in [1.165, 1.54) is 0 Å². The Morgan fingerprint density at radius 2 is 1.90 bits per heavy atom. The summed E-state index contributed by atoms with van der Waals surface area (Å²) < 4.78 is 13.6. The first-order chi connectivity index (χ1) is 19.3. The lowest BCUT2D eigenvalue weighted by Gasteiger charge is -2.37. The number of hydrogen-bond donors (Lipinski definition) is 2. The van der Waals surface area contributed by atoms with Gasteiger partial charge in [0, 0.05) is 38.7 Å². The van der Waals surface area contributed by atoms with Crippen LogP contribution in [0.4, 0.5) is 5.82 Å². The minimum absolute atomic E-state index is 0.0930. The highest BCUT2D eigenvalue weighted by Gasteiger charge is 2.33. The maximum Gasteiger partial charge on any atom is 0.319 e. The Balaban J connectivity index is 1.82. The van der Waals surface area contributed by atoms with Gasteiger partial charge < -0.3 is 29.8 Å². The normalized spacial score (nSPS) is 15.7. The fourth-order valence-corrected chi connectivity index (χ4v) is 5.96. The third-order valence-corrected chi connectivity index (χ3v) is 9.46. The highest BCUT2D eigenvalue weighted by Crippen LogP contribution is 2.33. The molecule has 1 aliphatic rings. The topological polar surface area (TPSA) is 140 Å². The zero-order valence-electron chi connectivity index (χ0n) is 26.1. The van der Waals surface area contributed by atoms with E-state index in [1.54, 1.807) is 4.57 Å². The van der Waals surface area contributed by atoms with Gasteiger partial charge in [-0.15, -0.1) is 0 Å². The fourth-order valence-electron chi connectivity index (χ4n) is 5.20. The Morgan fingerprint density at radius 1 is 1.22 bits per heavy atom. The molecule has 228 valence electrons. The van der Waals surface area contributed by atoms with Crippen LogP contribution in [0.5, 0.6) is 6.01 Å². The molecule has 0 radical (unpaired) electrons. The number of fused-ring (bicyclic) bond motifs is 1. The van der Waals surface area contributed by atoms with Gasteiger partial charge in [-0.25, -0.2) is 0 Å². The summed E-state index contributed by atoms with van der Waals surface area (Å²) in [6.45, 7) is 17.3. The van der Waals surface area contributed by atoms with Gasteiger partial charge in [0.15, 0.2) is 5.82 Å². The van der Waals surface area contributed by atoms with Gasteiger partial charge in [0.25, 0.3) is 0 Å². The van der Waals surface area contributed by atoms with Crippen molar-refractivity contribution in [1.29, 1.82) is 5.26 Å². The van der Waals surface area contributed by atoms with Crippen LogP contribution in [0.1, 0.15) is 71.1 Å². The highest BCUT2D eigenvalue weighted by molar-refractivity contribution is 6.76. The van der Waals surface area contributed by atoms with Crippen molar-refractivity contribution in [2.75, 3.05) is 32.0 Å². The van der Waals surface area contributed by atoms with Gasteiger partial charge in [0.2, 0.25) is 5.91 Å². The maximum absolute atomic E-state index is 12.7. The minimum atomic E-state index is -1.28. The number of nitrogen functional groups attached to an aromatic ring is 1. The molecule has 1 amide bonds. The molecule has 41 heavy (non-hydrogen) atoms. The average Bonchev–Trinajstić information content (AvgIpc) is 3.21. The van der Waals surface area contributed by atoms with Crippen LogP contribution in [0.2, 0.25) is 25.7 Å². The van der Waals surface area contributed by atoms with Crippen LogP contribution in [0.25, 0.3) is 11.0 Å². The number of ether oxygens (including phenoxy) is 2. The van der Waals surface area contributed by atoms with Gasteiger partial charge >= 0.3 is 6.01 Å². The molecular formula is C30H50N6O4Si. The van der Waals surface area contributed by atoms with Crippen molar-refractivity contribution in [3.63, 3.8) is 0 Å². The zero-order valence-corrected chi connectivity index (χ0v) is 27.1. The number of piperidine rings is 1. The number of likely N-dealkylation sites (tertiary alicyclic amines) is 1. The quantitative estimate of drug-likeness (QED) is 0.248. The molecule has 0 aromatic carbocycles. The fraction of sp³-hybridized carbons (Fsp3) is 0.733. The van der Waals surface area contributed by atoms with Crippen LogP contribution in [-0.2, 0) is 22.7 Å². The molecule has 2 aromatic rings. The first-order valence-electron chi connectivity index (χ1n) is 15.0. The Hall–Kier alpha value is -2.68. The Morgan fingerprint density at radius 3 is 2.49 bits per heavy atom. The van der Waals surface area contributed by atoms with Crippen LogP contribution in [0.3, 0.4) is 0 Å². The van der Waals surface area contributed by atoms with Gasteiger partial charge in [0.05, 0.1) is 12.7 Å². The standard InChI is InChI=1S/C30H50N6O4Si/c1-8-9-16-40-29-33-25-22(10-11-24(37)21-12-14-35(15-13-21)28(38)30(2,3)4)23(19-31)36(26(25)27(32)34-29)20-39-17-18-41(5,6)7/h21,24,37H,8-18,20H2,1-7H3,(H2,32,33,34). The Bertz CT molecular complexity index is 1220. The van der Waals surface area contributed by atoms with E-state index >= 15 is 0 Å². The van der Waals surface area contributed by atoms with E-state index in [9.17, 15) is 15.2 Å². The molecule has 1 atom stereocenters. The Kier molecular flexibility index (Phi) is 11.2. The predicted octanol–water partition coefficient (Wildman–Crippen LogP) is 4.95. The number of amides is 1. The van der Waals surface area contributed by atoms with E-state index in [1.807, 2.05) is 25.7 Å². The van der Waals surface area contributed by atoms with E-state index in [4.69, 9.17) is 15.2 Å². The van der Waals surface area contributed by atoms with Crippen LogP contribution >= 0.6 is 0 Å². The van der Waals surface area contributed by atoms with E-state index in [0.717, 1.165) is 37.3 Å². The lowest BCUT2D eigenvalue weighted by Crippen LogP contribution is -2.45. The van der Waals surface area contributed by atoms with Crippen LogP contribution < -0.4 is 10.5 Å². The molecule has 0 bridgehead atoms. The second kappa shape index (κ2) is 14.0. The number of nitriles is 1. The van der Waals surface area contributed by atoms with Gasteiger partial charge in [-0.05, 0) is 44.1 Å². The molecule has 0 spiro atoms. The number of nitrogens with zero attached hydrogens (tertiary/aromatic N) is 5. The summed E-state index contributed by atoms with van der Waals surface area (Å²) in [5.41, 5.74) is 8.31. The number of aryl methyl sites for hydroxylation is 1. The van der Waals surface area contributed by atoms with E-state index in [-0.39, 0.29) is 30.4 Å². The number of carbonyl (C=O) groups is 1. The average molecular weight is 587 g/mol. The first kappa shape index (κ1) is 32.8. The van der Waals surface area contributed by atoms with E-state index < -0.39 is 19.6 Å². The summed E-state index contributed by atoms with van der Waals surface area (Å²) >= 11 is 0. The van der Waals surface area contributed by atoms with Crippen LogP contribution in [0, 0.1) is 22.7 Å². The van der Waals surface area contributed by atoms with Crippen molar-refractivity contribution in [2.45, 2.75) is 105 Å². The molecule has 2 aromatic heterocycles. The van der Waals surface area contributed by atoms with Crippen molar-refractivity contribution in [3.05, 3.63) is 11.3 Å². The second-order valence-corrected chi connectivity index (χ2v) is 19.1. The van der Waals surface area contributed by atoms with Gasteiger partial charge in [-0.3, -0.25) is 4.79 Å². The number of unbranched alkanes of at least 4 members (excludes halogenated alkanes) is 1. The summed E-state index contributed by atoms with van der Waals surface area (Å²) in [6, 6.07) is 3.55. The molecule has 0 aliphatic carbocycles. The smallest absolute Gasteiger partial charge is 0.319 e. The number of carbonyl (C=O) groups excluding carboxylic acids is 1. The second-order valence-electron chi connectivity index (χ2n) is 13.5. The molecule has 3 rings (SSSR count). The molecule has 1 aliphatic heterocycles. The lowest BCUT2D eigenvalue weighted by molar-refractivity contribution is -0.141. The summed E-state index contributed by atoms with van der Waals surface area (Å²) in [5, 5.41) is 21.4. The summed E-state index contributed by atoms with van der Waals surface area (Å²) in [6.07, 6.45) is 3.73. The van der Waals surface area contributed by atoms with Crippen LogP contribution in [0.15, 0.2) is 0 Å². The SMILES string of the molecule is CCCCOc1nc(N)c2c(n1)c(CCC(O)C1CCN(C(=O)C(C)(C)C)CC1)c(C#N)n2COCC[Si](C)(C)C. The summed E-state index contributed by atoms with van der Waals surface area (Å²) in [5.74, 6) is 0.489. The first-order valence-corrected chi connectivity index (χ1v) is 18.7. The van der Waals surface area contributed by atoms with Crippen molar-refractivity contribution >= 4 is 30.8 Å². The molecule has 10 nitrogen and oxygen atoms in total. The number of aromatic nitrogens is 3. The highest BCUT2D eigenvalue weighted by atomic mass is 28.3. The van der Waals surface area contributed by atoms with Crippen molar-refractivity contribution in [2.24, 2.45) is 11.3 Å². The Labute approximate surface area is 246 Å². The molecular weight excluding hydrogens is 536 g/mol. The minimum Gasteiger partial charge on any atom is -0.463 e. The number of hydrogen-bond acceptors (Lipinski definition) is 8. The molecule has 1 unspecified atom stereocenters. The number of nitrogens with two attached hydrogens (primary N) is 1. The molecule has 3 N–H and O–H groups in total. The maximum atomic E-state index is 12.7. The lowest BCUT2D eigenvalue weighted by atomic mass is 9.86. The number of anilines is 1.